The molecule has 0 bridgehead atoms. The van der Waals surface area contributed by atoms with Crippen LogP contribution >= 0.6 is 0 Å². The van der Waals surface area contributed by atoms with E-state index in [2.05, 4.69) is 9.72 Å². The number of rotatable bonds is 3. The van der Waals surface area contributed by atoms with Crippen molar-refractivity contribution >= 4 is 5.97 Å². The lowest BCUT2D eigenvalue weighted by molar-refractivity contribution is -0.137. The van der Waals surface area contributed by atoms with Crippen molar-refractivity contribution in [1.82, 2.24) is 4.98 Å². The van der Waals surface area contributed by atoms with Gasteiger partial charge >= 0.3 is 12.1 Å². The van der Waals surface area contributed by atoms with Gasteiger partial charge in [-0.15, -0.1) is 0 Å². The van der Waals surface area contributed by atoms with E-state index in [9.17, 15) is 18.0 Å². The maximum atomic E-state index is 12.5. The first-order valence-electron chi connectivity index (χ1n) is 6.50. The number of aromatic nitrogens is 1. The van der Waals surface area contributed by atoms with Crippen LogP contribution in [0.5, 0.6) is 0 Å². The average molecular weight is 313 g/mol. The van der Waals surface area contributed by atoms with E-state index < -0.39 is 17.7 Å². The molecule has 4 nitrogen and oxygen atoms in total. The van der Waals surface area contributed by atoms with Gasteiger partial charge < -0.3 is 9.15 Å². The second-order valence-corrected chi connectivity index (χ2v) is 4.95. The predicted octanol–water partition coefficient (Wildman–Crippen LogP) is 4.27. The van der Waals surface area contributed by atoms with Crippen molar-refractivity contribution in [1.29, 1.82) is 0 Å². The molecule has 0 fully saturated rings. The third-order valence-electron chi connectivity index (χ3n) is 3.02. The lowest BCUT2D eigenvalue weighted by Crippen LogP contribution is -2.06. The first-order valence-corrected chi connectivity index (χ1v) is 6.50. The van der Waals surface area contributed by atoms with Crippen LogP contribution in [0, 0.1) is 0 Å². The van der Waals surface area contributed by atoms with Crippen LogP contribution in [0.15, 0.2) is 28.7 Å². The van der Waals surface area contributed by atoms with E-state index in [-0.39, 0.29) is 17.5 Å². The number of benzene rings is 1. The Morgan fingerprint density at radius 1 is 1.23 bits per heavy atom. The number of methoxy groups -OCH3 is 1. The number of hydrogen-bond acceptors (Lipinski definition) is 4. The summed E-state index contributed by atoms with van der Waals surface area (Å²) in [6.07, 6.45) is -4.41. The van der Waals surface area contributed by atoms with Gasteiger partial charge in [-0.2, -0.15) is 13.2 Å². The number of hydrogen-bond donors (Lipinski definition) is 0. The highest BCUT2D eigenvalue weighted by Crippen LogP contribution is 2.32. The summed E-state index contributed by atoms with van der Waals surface area (Å²) in [5.41, 5.74) is -0.377. The van der Waals surface area contributed by atoms with E-state index in [0.29, 0.717) is 11.3 Å². The fourth-order valence-corrected chi connectivity index (χ4v) is 1.89. The van der Waals surface area contributed by atoms with Gasteiger partial charge in [-0.25, -0.2) is 9.78 Å². The number of carbonyl (C=O) groups is 1. The molecule has 1 aromatic carbocycles. The third kappa shape index (κ3) is 3.13. The van der Waals surface area contributed by atoms with E-state index in [1.165, 1.54) is 19.2 Å². The summed E-state index contributed by atoms with van der Waals surface area (Å²) in [5.74, 6) is -0.352. The fraction of sp³-hybridized carbons (Fsp3) is 0.333. The molecule has 0 N–H and O–H groups in total. The minimum Gasteiger partial charge on any atom is -0.464 e. The van der Waals surface area contributed by atoms with Crippen molar-refractivity contribution in [2.45, 2.75) is 25.9 Å². The molecule has 0 saturated heterocycles. The number of oxazole rings is 1. The summed E-state index contributed by atoms with van der Waals surface area (Å²) in [4.78, 5) is 15.7. The van der Waals surface area contributed by atoms with Gasteiger partial charge in [-0.1, -0.05) is 13.8 Å². The maximum Gasteiger partial charge on any atom is 0.416 e. The summed E-state index contributed by atoms with van der Waals surface area (Å²) < 4.78 is 47.8. The molecule has 0 radical (unpaired) electrons. The highest BCUT2D eigenvalue weighted by Gasteiger charge is 2.30. The van der Waals surface area contributed by atoms with Crippen LogP contribution in [0.4, 0.5) is 13.2 Å². The van der Waals surface area contributed by atoms with Gasteiger partial charge in [-0.05, 0) is 24.3 Å². The highest BCUT2D eigenvalue weighted by molar-refractivity contribution is 5.89. The third-order valence-corrected chi connectivity index (χ3v) is 3.02. The number of halogens is 3. The number of esters is 1. The van der Waals surface area contributed by atoms with Gasteiger partial charge in [0.15, 0.2) is 5.69 Å². The SMILES string of the molecule is COC(=O)c1nc(-c2ccc(C(F)(F)F)cc2)oc1C(C)C. The van der Waals surface area contributed by atoms with Crippen molar-refractivity contribution in [3.8, 4) is 11.5 Å². The second kappa shape index (κ2) is 5.82. The Labute approximate surface area is 124 Å². The smallest absolute Gasteiger partial charge is 0.416 e. The van der Waals surface area contributed by atoms with Crippen LogP contribution in [0.3, 0.4) is 0 Å². The lowest BCUT2D eigenvalue weighted by Gasteiger charge is -2.06. The predicted molar refractivity (Wildman–Crippen MR) is 72.4 cm³/mol. The zero-order valence-corrected chi connectivity index (χ0v) is 12.2. The van der Waals surface area contributed by atoms with Crippen molar-refractivity contribution < 1.29 is 27.1 Å². The van der Waals surface area contributed by atoms with E-state index in [4.69, 9.17) is 4.42 Å². The zero-order chi connectivity index (χ0) is 16.5. The van der Waals surface area contributed by atoms with E-state index in [1.54, 1.807) is 0 Å². The molecule has 0 unspecified atom stereocenters. The van der Waals surface area contributed by atoms with Crippen LogP contribution in [0.25, 0.3) is 11.5 Å². The molecule has 0 amide bonds. The Kier molecular flexibility index (Phi) is 4.25. The number of alkyl halides is 3. The molecule has 0 aliphatic rings. The molecule has 2 rings (SSSR count). The summed E-state index contributed by atoms with van der Waals surface area (Å²) >= 11 is 0. The molecule has 22 heavy (non-hydrogen) atoms. The standard InChI is InChI=1S/C15H14F3NO3/c1-8(2)12-11(14(20)21-3)19-13(22-12)9-4-6-10(7-5-9)15(16,17)18/h4-8H,1-3H3. The molecule has 7 heteroatoms. The second-order valence-electron chi connectivity index (χ2n) is 4.95. The zero-order valence-electron chi connectivity index (χ0n) is 12.2. The minimum absolute atomic E-state index is 0.0346. The fourth-order valence-electron chi connectivity index (χ4n) is 1.89. The number of carbonyl (C=O) groups excluding carboxylic acids is 1. The van der Waals surface area contributed by atoms with Crippen LogP contribution < -0.4 is 0 Å². The summed E-state index contributed by atoms with van der Waals surface area (Å²) in [6, 6.07) is 4.37. The summed E-state index contributed by atoms with van der Waals surface area (Å²) in [5, 5.41) is 0. The minimum atomic E-state index is -4.41. The molecule has 0 atom stereocenters. The number of ether oxygens (including phenoxy) is 1. The molecule has 0 spiro atoms. The van der Waals surface area contributed by atoms with Crippen molar-refractivity contribution in [2.24, 2.45) is 0 Å². The Morgan fingerprint density at radius 3 is 2.27 bits per heavy atom. The molecule has 0 aliphatic heterocycles. The summed E-state index contributed by atoms with van der Waals surface area (Å²) in [6.45, 7) is 3.62. The molecular weight excluding hydrogens is 299 g/mol. The largest absolute Gasteiger partial charge is 0.464 e. The van der Waals surface area contributed by atoms with E-state index in [1.807, 2.05) is 13.8 Å². The Morgan fingerprint density at radius 2 is 1.82 bits per heavy atom. The topological polar surface area (TPSA) is 52.3 Å². The van der Waals surface area contributed by atoms with Gasteiger partial charge in [0.2, 0.25) is 5.89 Å². The molecule has 0 saturated carbocycles. The van der Waals surface area contributed by atoms with Crippen molar-refractivity contribution in [3.63, 3.8) is 0 Å². The van der Waals surface area contributed by atoms with Crippen molar-refractivity contribution in [2.75, 3.05) is 7.11 Å². The van der Waals surface area contributed by atoms with Gasteiger partial charge in [0.05, 0.1) is 12.7 Å². The Balaban J connectivity index is 2.43. The van der Waals surface area contributed by atoms with E-state index in [0.717, 1.165) is 12.1 Å². The van der Waals surface area contributed by atoms with Gasteiger partial charge in [0.25, 0.3) is 0 Å². The van der Waals surface area contributed by atoms with Crippen LogP contribution in [-0.4, -0.2) is 18.1 Å². The van der Waals surface area contributed by atoms with Crippen LogP contribution in [-0.2, 0) is 10.9 Å². The molecule has 118 valence electrons. The Bertz CT molecular complexity index is 672. The quantitative estimate of drug-likeness (QED) is 0.794. The van der Waals surface area contributed by atoms with Gasteiger partial charge in [0, 0.05) is 11.5 Å². The van der Waals surface area contributed by atoms with E-state index >= 15 is 0 Å². The summed E-state index contributed by atoms with van der Waals surface area (Å²) in [7, 11) is 1.22. The lowest BCUT2D eigenvalue weighted by atomic mass is 10.1. The molecule has 0 aliphatic carbocycles. The van der Waals surface area contributed by atoms with Crippen molar-refractivity contribution in [3.05, 3.63) is 41.3 Å². The Hall–Kier alpha value is -2.31. The highest BCUT2D eigenvalue weighted by atomic mass is 19.4. The monoisotopic (exact) mass is 313 g/mol. The van der Waals surface area contributed by atoms with Crippen LogP contribution in [0.1, 0.15) is 41.6 Å². The van der Waals surface area contributed by atoms with Gasteiger partial charge in [0.1, 0.15) is 5.76 Å². The maximum absolute atomic E-state index is 12.5. The molecule has 1 heterocycles. The first kappa shape index (κ1) is 16.1. The average Bonchev–Trinajstić information content (AvgIpc) is 2.91. The van der Waals surface area contributed by atoms with Gasteiger partial charge in [-0.3, -0.25) is 0 Å². The normalized spacial score (nSPS) is 11.8. The molecule has 1 aromatic heterocycles. The van der Waals surface area contributed by atoms with Crippen LogP contribution in [0.2, 0.25) is 0 Å². The molecular formula is C15H14F3NO3. The molecule has 2 aromatic rings. The first-order chi connectivity index (χ1) is 10.2. The number of nitrogens with zero attached hydrogens (tertiary/aromatic N) is 1.